The number of aryl methyl sites for hydroxylation is 1. The zero-order chi connectivity index (χ0) is 30.8. The molecule has 12 nitrogen and oxygen atoms in total. The van der Waals surface area contributed by atoms with Crippen molar-refractivity contribution in [3.05, 3.63) is 42.0 Å². The average Bonchev–Trinajstić information content (AvgIpc) is 3.28. The summed E-state index contributed by atoms with van der Waals surface area (Å²) in [7, 11) is -4.30. The number of ether oxygens (including phenoxy) is 3. The Morgan fingerprint density at radius 3 is 2.45 bits per heavy atom. The highest BCUT2D eigenvalue weighted by Crippen LogP contribution is 2.40. The standard InChI is InChI=1S/C28H42N6O6SSi/c1-18(2)40-25(26-29-14-19(3)15-30-26)20(4)41(36,37)33(11-12-42(6,7)8)28-32-31-27-23-13-22(38-5)9-10-24(23)39-17-21(16-35)34(27)28/h9-10,13-15,18,20-21,25,35H,11-12,16-17H2,1-8H3/t20?,21-,25?/m1/s1. The van der Waals surface area contributed by atoms with E-state index in [0.29, 0.717) is 34.8 Å². The normalized spacial score (nSPS) is 16.7. The maximum Gasteiger partial charge on any atom is 0.243 e. The Morgan fingerprint density at radius 2 is 1.86 bits per heavy atom. The zero-order valence-corrected chi connectivity index (χ0v) is 27.4. The number of aliphatic hydroxyl groups is 1. The van der Waals surface area contributed by atoms with Crippen molar-refractivity contribution in [1.82, 2.24) is 24.7 Å². The Balaban J connectivity index is 1.87. The largest absolute Gasteiger partial charge is 0.497 e. The van der Waals surface area contributed by atoms with Gasteiger partial charge in [-0.2, -0.15) is 0 Å². The minimum Gasteiger partial charge on any atom is -0.497 e. The van der Waals surface area contributed by atoms with Crippen molar-refractivity contribution >= 4 is 24.0 Å². The number of benzene rings is 1. The predicted octanol–water partition coefficient (Wildman–Crippen LogP) is 4.01. The van der Waals surface area contributed by atoms with Crippen molar-refractivity contribution in [2.45, 2.75) is 76.9 Å². The fourth-order valence-electron chi connectivity index (χ4n) is 4.66. The van der Waals surface area contributed by atoms with Gasteiger partial charge in [0.2, 0.25) is 16.0 Å². The Hall–Kier alpha value is -3.07. The lowest BCUT2D eigenvalue weighted by Gasteiger charge is -2.33. The molecule has 0 radical (unpaired) electrons. The maximum atomic E-state index is 14.6. The lowest BCUT2D eigenvalue weighted by Crippen LogP contribution is -2.45. The first-order valence-electron chi connectivity index (χ1n) is 14.1. The van der Waals surface area contributed by atoms with Gasteiger partial charge in [-0.25, -0.2) is 22.7 Å². The zero-order valence-electron chi connectivity index (χ0n) is 25.6. The summed E-state index contributed by atoms with van der Waals surface area (Å²) in [5, 5.41) is 18.2. The molecule has 2 aromatic heterocycles. The molecule has 230 valence electrons. The Bertz CT molecular complexity index is 1470. The molecule has 0 saturated carbocycles. The summed E-state index contributed by atoms with van der Waals surface area (Å²) in [6, 6.07) is 5.34. The number of fused-ring (bicyclic) bond motifs is 3. The van der Waals surface area contributed by atoms with Crippen LogP contribution in [-0.2, 0) is 14.8 Å². The fraction of sp³-hybridized carbons (Fsp3) is 0.571. The summed E-state index contributed by atoms with van der Waals surface area (Å²) in [6.45, 7) is 13.7. The van der Waals surface area contributed by atoms with Gasteiger partial charge in [0.05, 0.1) is 31.4 Å². The third-order valence-electron chi connectivity index (χ3n) is 7.08. The van der Waals surface area contributed by atoms with Gasteiger partial charge in [0, 0.05) is 27.0 Å². The quantitative estimate of drug-likeness (QED) is 0.296. The Morgan fingerprint density at radius 1 is 1.17 bits per heavy atom. The van der Waals surface area contributed by atoms with Crippen LogP contribution in [0.2, 0.25) is 25.7 Å². The van der Waals surface area contributed by atoms with Crippen LogP contribution < -0.4 is 13.8 Å². The highest BCUT2D eigenvalue weighted by Gasteiger charge is 2.42. The van der Waals surface area contributed by atoms with Crippen LogP contribution in [-0.4, -0.2) is 84.6 Å². The second kappa shape index (κ2) is 12.7. The molecule has 0 aliphatic carbocycles. The molecule has 2 unspecified atom stereocenters. The molecule has 3 atom stereocenters. The molecule has 0 saturated heterocycles. The molecule has 1 aromatic carbocycles. The molecular weight excluding hydrogens is 576 g/mol. The molecule has 1 aliphatic rings. The molecule has 3 heterocycles. The molecule has 0 amide bonds. The summed E-state index contributed by atoms with van der Waals surface area (Å²) in [5.41, 5.74) is 1.45. The van der Waals surface area contributed by atoms with Crippen LogP contribution in [0.3, 0.4) is 0 Å². The van der Waals surface area contributed by atoms with E-state index in [1.54, 1.807) is 49.2 Å². The number of hydrogen-bond acceptors (Lipinski definition) is 10. The van der Waals surface area contributed by atoms with Crippen molar-refractivity contribution in [3.8, 4) is 22.9 Å². The second-order valence-corrected chi connectivity index (χ2v) is 19.9. The first-order chi connectivity index (χ1) is 19.8. The average molecular weight is 619 g/mol. The second-order valence-electron chi connectivity index (χ2n) is 12.1. The van der Waals surface area contributed by atoms with Crippen LogP contribution in [0.4, 0.5) is 5.95 Å². The summed E-state index contributed by atoms with van der Waals surface area (Å²) < 4.78 is 49.8. The first-order valence-corrected chi connectivity index (χ1v) is 19.3. The van der Waals surface area contributed by atoms with Crippen LogP contribution in [0.15, 0.2) is 30.6 Å². The summed E-state index contributed by atoms with van der Waals surface area (Å²) in [6.07, 6.45) is 2.09. The monoisotopic (exact) mass is 618 g/mol. The minimum atomic E-state index is -4.14. The molecule has 3 aromatic rings. The van der Waals surface area contributed by atoms with Crippen LogP contribution in [0.5, 0.6) is 11.5 Å². The van der Waals surface area contributed by atoms with Crippen molar-refractivity contribution in [2.24, 2.45) is 0 Å². The third kappa shape index (κ3) is 6.77. The van der Waals surface area contributed by atoms with Gasteiger partial charge < -0.3 is 19.3 Å². The van der Waals surface area contributed by atoms with E-state index in [4.69, 9.17) is 14.2 Å². The summed E-state index contributed by atoms with van der Waals surface area (Å²) >= 11 is 0. The van der Waals surface area contributed by atoms with Gasteiger partial charge in [0.15, 0.2) is 11.6 Å². The topological polar surface area (TPSA) is 142 Å². The van der Waals surface area contributed by atoms with E-state index in [9.17, 15) is 13.5 Å². The number of hydrogen-bond donors (Lipinski definition) is 1. The molecule has 1 N–H and O–H groups in total. The van der Waals surface area contributed by atoms with Gasteiger partial charge in [-0.05, 0) is 57.5 Å². The molecule has 1 aliphatic heterocycles. The van der Waals surface area contributed by atoms with Gasteiger partial charge in [0.1, 0.15) is 29.5 Å². The fourth-order valence-corrected chi connectivity index (χ4v) is 7.32. The number of nitrogens with zero attached hydrogens (tertiary/aromatic N) is 6. The van der Waals surface area contributed by atoms with Gasteiger partial charge >= 0.3 is 0 Å². The van der Waals surface area contributed by atoms with E-state index in [0.717, 1.165) is 5.56 Å². The maximum absolute atomic E-state index is 14.6. The van der Waals surface area contributed by atoms with Gasteiger partial charge in [-0.15, -0.1) is 10.2 Å². The molecule has 0 bridgehead atoms. The van der Waals surface area contributed by atoms with Crippen molar-refractivity contribution in [3.63, 3.8) is 0 Å². The molecule has 4 rings (SSSR count). The van der Waals surface area contributed by atoms with E-state index in [2.05, 4.69) is 39.8 Å². The predicted molar refractivity (Wildman–Crippen MR) is 163 cm³/mol. The molecule has 0 spiro atoms. The Labute approximate surface area is 249 Å². The van der Waals surface area contributed by atoms with E-state index >= 15 is 0 Å². The van der Waals surface area contributed by atoms with Crippen LogP contribution in [0.25, 0.3) is 11.4 Å². The number of aliphatic hydroxyl groups excluding tert-OH is 1. The van der Waals surface area contributed by atoms with Crippen LogP contribution in [0.1, 0.15) is 44.3 Å². The van der Waals surface area contributed by atoms with E-state index < -0.39 is 35.5 Å². The molecular formula is C28H42N6O6SSi. The summed E-state index contributed by atoms with van der Waals surface area (Å²) in [5.74, 6) is 1.91. The lowest BCUT2D eigenvalue weighted by molar-refractivity contribution is 0.00139. The van der Waals surface area contributed by atoms with Crippen LogP contribution in [0, 0.1) is 6.92 Å². The van der Waals surface area contributed by atoms with E-state index in [1.165, 1.54) is 4.31 Å². The Kier molecular flexibility index (Phi) is 9.60. The third-order valence-corrected chi connectivity index (χ3v) is 10.9. The van der Waals surface area contributed by atoms with E-state index in [1.807, 2.05) is 20.8 Å². The van der Waals surface area contributed by atoms with E-state index in [-0.39, 0.29) is 31.8 Å². The first kappa shape index (κ1) is 31.9. The number of aromatic nitrogens is 5. The van der Waals surface area contributed by atoms with Gasteiger partial charge in [-0.1, -0.05) is 19.6 Å². The highest BCUT2D eigenvalue weighted by molar-refractivity contribution is 7.93. The van der Waals surface area contributed by atoms with Crippen molar-refractivity contribution in [2.75, 3.05) is 31.2 Å². The minimum absolute atomic E-state index is 0.0988. The number of sulfonamides is 1. The van der Waals surface area contributed by atoms with Gasteiger partial charge in [0.25, 0.3) is 0 Å². The number of rotatable bonds is 12. The SMILES string of the molecule is COc1ccc2c(c1)-c1nnc(N(CC[Si](C)(C)C)S(=O)(=O)C(C)C(OC(C)C)c3ncc(C)cn3)n1[C@H](CO)CO2. The molecule has 42 heavy (non-hydrogen) atoms. The summed E-state index contributed by atoms with van der Waals surface area (Å²) in [4.78, 5) is 8.83. The van der Waals surface area contributed by atoms with Crippen molar-refractivity contribution < 1.29 is 27.7 Å². The smallest absolute Gasteiger partial charge is 0.243 e. The lowest BCUT2D eigenvalue weighted by atomic mass is 10.1. The highest BCUT2D eigenvalue weighted by atomic mass is 32.2. The number of methoxy groups -OCH3 is 1. The van der Waals surface area contributed by atoms with Crippen molar-refractivity contribution in [1.29, 1.82) is 0 Å². The molecule has 14 heteroatoms. The van der Waals surface area contributed by atoms with Gasteiger partial charge in [-0.3, -0.25) is 4.57 Å². The van der Waals surface area contributed by atoms with Crippen LogP contribution >= 0.6 is 0 Å². The molecule has 0 fully saturated rings. The number of anilines is 1.